The summed E-state index contributed by atoms with van der Waals surface area (Å²) >= 11 is 5.35. The number of aryl methyl sites for hydroxylation is 1. The van der Waals surface area contributed by atoms with Crippen LogP contribution in [0.5, 0.6) is 0 Å². The van der Waals surface area contributed by atoms with Crippen LogP contribution in [0.3, 0.4) is 0 Å². The number of hydrogen-bond acceptors (Lipinski definition) is 1. The first kappa shape index (κ1) is 9.97. The summed E-state index contributed by atoms with van der Waals surface area (Å²) in [7, 11) is 0. The van der Waals surface area contributed by atoms with Crippen molar-refractivity contribution in [3.05, 3.63) is 16.4 Å². The molecule has 1 fully saturated rings. The Morgan fingerprint density at radius 3 is 2.71 bits per heavy atom. The monoisotopic (exact) mass is 210 g/mol. The van der Waals surface area contributed by atoms with Gasteiger partial charge in [0.25, 0.3) is 0 Å². The third-order valence-corrected chi connectivity index (χ3v) is 3.43. The molecule has 0 aliphatic heterocycles. The Hall–Kier alpha value is -0.570. The first-order valence-electron chi connectivity index (χ1n) is 5.61. The van der Waals surface area contributed by atoms with Gasteiger partial charge in [0.2, 0.25) is 0 Å². The Morgan fingerprint density at radius 1 is 1.43 bits per heavy atom. The Kier molecular flexibility index (Phi) is 3.06. The minimum absolute atomic E-state index is 0.636. The lowest BCUT2D eigenvalue weighted by molar-refractivity contribution is 0.325. The lowest BCUT2D eigenvalue weighted by atomic mass is 9.96. The largest absolute Gasteiger partial charge is 0.301 e. The van der Waals surface area contributed by atoms with Crippen molar-refractivity contribution in [3.63, 3.8) is 0 Å². The highest BCUT2D eigenvalue weighted by molar-refractivity contribution is 7.71. The average Bonchev–Trinajstić information content (AvgIpc) is 2.61. The Balaban J connectivity index is 2.21. The number of hydrogen-bond donors (Lipinski definition) is 1. The summed E-state index contributed by atoms with van der Waals surface area (Å²) in [6, 6.07) is 2.74. The zero-order valence-electron chi connectivity index (χ0n) is 8.75. The predicted molar refractivity (Wildman–Crippen MR) is 61.1 cm³/mol. The van der Waals surface area contributed by atoms with Crippen molar-refractivity contribution in [1.29, 1.82) is 0 Å². The summed E-state index contributed by atoms with van der Waals surface area (Å²) in [6.45, 7) is 2.16. The molecule has 0 unspecified atom stereocenters. The fraction of sp³-hybridized carbons (Fsp3) is 0.727. The lowest BCUT2D eigenvalue weighted by Crippen LogP contribution is -2.14. The Labute approximate surface area is 90.3 Å². The maximum absolute atomic E-state index is 5.35. The molecule has 14 heavy (non-hydrogen) atoms. The molecule has 1 N–H and O–H groups in total. The molecule has 3 heteroatoms. The fourth-order valence-electron chi connectivity index (χ4n) is 2.25. The Morgan fingerprint density at radius 2 is 2.14 bits per heavy atom. The number of nitrogens with zero attached hydrogens (tertiary/aromatic N) is 1. The van der Waals surface area contributed by atoms with E-state index < -0.39 is 0 Å². The smallest absolute Gasteiger partial charge is 0.122 e. The lowest BCUT2D eigenvalue weighted by Gasteiger charge is -2.22. The van der Waals surface area contributed by atoms with Gasteiger partial charge in [-0.2, -0.15) is 0 Å². The number of nitrogens with one attached hydrogen (secondary N) is 1. The quantitative estimate of drug-likeness (QED) is 0.739. The van der Waals surface area contributed by atoms with E-state index in [0.29, 0.717) is 6.04 Å². The number of aromatic amines is 1. The van der Waals surface area contributed by atoms with Crippen LogP contribution in [0.25, 0.3) is 0 Å². The van der Waals surface area contributed by atoms with E-state index >= 15 is 0 Å². The zero-order chi connectivity index (χ0) is 9.97. The highest BCUT2D eigenvalue weighted by atomic mass is 32.1. The van der Waals surface area contributed by atoms with Crippen LogP contribution in [0.4, 0.5) is 0 Å². The molecule has 2 rings (SSSR count). The first-order valence-corrected chi connectivity index (χ1v) is 6.02. The molecule has 0 atom stereocenters. The van der Waals surface area contributed by atoms with E-state index in [0.717, 1.165) is 11.1 Å². The van der Waals surface area contributed by atoms with Gasteiger partial charge in [-0.25, -0.2) is 0 Å². The van der Waals surface area contributed by atoms with Crippen LogP contribution in [0, 0.1) is 4.64 Å². The van der Waals surface area contributed by atoms with Crippen LogP contribution < -0.4 is 0 Å². The van der Waals surface area contributed by atoms with E-state index in [-0.39, 0.29) is 0 Å². The van der Waals surface area contributed by atoms with Crippen LogP contribution in [0.15, 0.2) is 6.07 Å². The van der Waals surface area contributed by atoms with Crippen molar-refractivity contribution in [3.8, 4) is 0 Å². The molecule has 0 bridgehead atoms. The van der Waals surface area contributed by atoms with E-state index in [9.17, 15) is 0 Å². The number of aromatic nitrogens is 2. The molecule has 78 valence electrons. The van der Waals surface area contributed by atoms with Gasteiger partial charge in [-0.3, -0.25) is 4.68 Å². The summed E-state index contributed by atoms with van der Waals surface area (Å²) in [5.41, 5.74) is 1.26. The second-order valence-electron chi connectivity index (χ2n) is 4.14. The highest BCUT2D eigenvalue weighted by Crippen LogP contribution is 2.27. The molecule has 0 radical (unpaired) electrons. The molecular formula is C11H18N2S. The Bertz CT molecular complexity index is 344. The van der Waals surface area contributed by atoms with Crippen LogP contribution in [-0.4, -0.2) is 9.78 Å². The first-order chi connectivity index (χ1) is 6.81. The maximum Gasteiger partial charge on any atom is 0.122 e. The predicted octanol–water partition coefficient (Wildman–Crippen LogP) is 3.61. The van der Waals surface area contributed by atoms with Crippen molar-refractivity contribution in [1.82, 2.24) is 9.78 Å². The fourth-order valence-corrected chi connectivity index (χ4v) is 2.59. The van der Waals surface area contributed by atoms with E-state index in [1.165, 1.54) is 37.8 Å². The number of H-pyrrole nitrogens is 1. The van der Waals surface area contributed by atoms with Crippen molar-refractivity contribution < 1.29 is 0 Å². The molecule has 1 saturated carbocycles. The van der Waals surface area contributed by atoms with Crippen LogP contribution in [0.2, 0.25) is 0 Å². The normalized spacial score (nSPS) is 18.6. The molecule has 1 heterocycles. The van der Waals surface area contributed by atoms with Crippen molar-refractivity contribution >= 4 is 12.2 Å². The van der Waals surface area contributed by atoms with Gasteiger partial charge in [0.1, 0.15) is 4.64 Å². The molecule has 0 amide bonds. The molecular weight excluding hydrogens is 192 g/mol. The number of rotatable bonds is 2. The summed E-state index contributed by atoms with van der Waals surface area (Å²) in [6.07, 6.45) is 7.73. The minimum Gasteiger partial charge on any atom is -0.301 e. The van der Waals surface area contributed by atoms with E-state index in [1.54, 1.807) is 0 Å². The summed E-state index contributed by atoms with van der Waals surface area (Å²) in [5.74, 6) is 0. The molecule has 0 spiro atoms. The topological polar surface area (TPSA) is 20.7 Å². The summed E-state index contributed by atoms with van der Waals surface area (Å²) in [5, 5.41) is 3.41. The zero-order valence-corrected chi connectivity index (χ0v) is 9.57. The van der Waals surface area contributed by atoms with Gasteiger partial charge in [0.15, 0.2) is 0 Å². The van der Waals surface area contributed by atoms with E-state index in [4.69, 9.17) is 12.2 Å². The van der Waals surface area contributed by atoms with Gasteiger partial charge >= 0.3 is 0 Å². The van der Waals surface area contributed by atoms with Gasteiger partial charge < -0.3 is 5.10 Å². The van der Waals surface area contributed by atoms with Gasteiger partial charge in [-0.15, -0.1) is 0 Å². The van der Waals surface area contributed by atoms with Gasteiger partial charge in [0, 0.05) is 5.69 Å². The summed E-state index contributed by atoms with van der Waals surface area (Å²) in [4.78, 5) is 0. The molecule has 0 aromatic carbocycles. The van der Waals surface area contributed by atoms with Crippen molar-refractivity contribution in [2.24, 2.45) is 0 Å². The summed E-state index contributed by atoms with van der Waals surface area (Å²) < 4.78 is 3.18. The molecule has 1 aliphatic carbocycles. The molecule has 1 aromatic rings. The van der Waals surface area contributed by atoms with E-state index in [1.807, 2.05) is 0 Å². The third-order valence-electron chi connectivity index (χ3n) is 3.12. The molecule has 2 nitrogen and oxygen atoms in total. The average molecular weight is 210 g/mol. The molecule has 0 saturated heterocycles. The second kappa shape index (κ2) is 4.30. The van der Waals surface area contributed by atoms with Crippen molar-refractivity contribution in [2.75, 3.05) is 0 Å². The van der Waals surface area contributed by atoms with Gasteiger partial charge in [0.05, 0.1) is 6.04 Å². The molecule has 1 aromatic heterocycles. The SMILES string of the molecule is CCc1cc(=S)n(C2CCCCC2)[nH]1. The standard InChI is InChI=1S/C11H18N2S/c1-2-9-8-11(14)13(12-9)10-6-4-3-5-7-10/h8,10,12H,2-7H2,1H3. The highest BCUT2D eigenvalue weighted by Gasteiger charge is 2.16. The van der Waals surface area contributed by atoms with Crippen LogP contribution >= 0.6 is 12.2 Å². The van der Waals surface area contributed by atoms with Crippen LogP contribution in [-0.2, 0) is 6.42 Å². The van der Waals surface area contributed by atoms with Gasteiger partial charge in [-0.1, -0.05) is 38.4 Å². The minimum atomic E-state index is 0.636. The van der Waals surface area contributed by atoms with E-state index in [2.05, 4.69) is 22.8 Å². The maximum atomic E-state index is 5.35. The van der Waals surface area contributed by atoms with Crippen molar-refractivity contribution in [2.45, 2.75) is 51.5 Å². The van der Waals surface area contributed by atoms with Crippen LogP contribution in [0.1, 0.15) is 50.8 Å². The van der Waals surface area contributed by atoms with Gasteiger partial charge in [-0.05, 0) is 25.3 Å². The molecule has 1 aliphatic rings. The second-order valence-corrected chi connectivity index (χ2v) is 4.55. The third kappa shape index (κ3) is 1.92.